The predicted octanol–water partition coefficient (Wildman–Crippen LogP) is 3.40. The molecular weight excluding hydrogens is 336 g/mol. The van der Waals surface area contributed by atoms with Crippen molar-refractivity contribution < 1.29 is 4.79 Å². The number of nitrogens with zero attached hydrogens (tertiary/aromatic N) is 3. The summed E-state index contributed by atoms with van der Waals surface area (Å²) in [4.78, 5) is 21.5. The van der Waals surface area contributed by atoms with Crippen molar-refractivity contribution in [1.82, 2.24) is 14.8 Å². The number of aromatic nitrogens is 1. The molecule has 0 atom stereocenters. The first-order valence-electron chi connectivity index (χ1n) is 9.66. The van der Waals surface area contributed by atoms with Crippen molar-refractivity contribution in [1.29, 1.82) is 0 Å². The van der Waals surface area contributed by atoms with Gasteiger partial charge in [-0.3, -0.25) is 4.79 Å². The highest BCUT2D eigenvalue weighted by atomic mass is 35.5. The Kier molecular flexibility index (Phi) is 5.13. The van der Waals surface area contributed by atoms with Gasteiger partial charge in [-0.1, -0.05) is 11.6 Å². The number of carbonyl (C=O) groups is 1. The zero-order valence-corrected chi connectivity index (χ0v) is 15.5. The van der Waals surface area contributed by atoms with Crippen LogP contribution in [-0.4, -0.2) is 59.0 Å². The number of nitrogens with one attached hydrogen (secondary N) is 1. The SMILES string of the molecule is O=C(c1cnc(NC2CCN(C3CC3)CC2)c(Cl)c1)N1CCCCC1. The van der Waals surface area contributed by atoms with Gasteiger partial charge in [0.1, 0.15) is 5.82 Å². The van der Waals surface area contributed by atoms with Gasteiger partial charge in [0, 0.05) is 44.5 Å². The molecule has 2 saturated heterocycles. The summed E-state index contributed by atoms with van der Waals surface area (Å²) in [7, 11) is 0. The van der Waals surface area contributed by atoms with E-state index >= 15 is 0 Å². The molecule has 3 aliphatic rings. The molecule has 0 aromatic carbocycles. The third kappa shape index (κ3) is 4.09. The number of hydrogen-bond donors (Lipinski definition) is 1. The van der Waals surface area contributed by atoms with E-state index in [2.05, 4.69) is 15.2 Å². The molecule has 1 saturated carbocycles. The first-order valence-corrected chi connectivity index (χ1v) is 10.0. The molecule has 136 valence electrons. The second-order valence-corrected chi connectivity index (χ2v) is 8.00. The van der Waals surface area contributed by atoms with E-state index in [-0.39, 0.29) is 5.91 Å². The molecule has 0 radical (unpaired) electrons. The number of likely N-dealkylation sites (tertiary alicyclic amines) is 2. The molecule has 0 bridgehead atoms. The molecule has 1 aliphatic carbocycles. The summed E-state index contributed by atoms with van der Waals surface area (Å²) in [5.74, 6) is 0.764. The van der Waals surface area contributed by atoms with Crippen molar-refractivity contribution in [3.63, 3.8) is 0 Å². The molecule has 0 spiro atoms. The third-order valence-electron chi connectivity index (χ3n) is 5.67. The van der Waals surface area contributed by atoms with Crippen LogP contribution < -0.4 is 5.32 Å². The van der Waals surface area contributed by atoms with E-state index in [1.807, 2.05) is 4.90 Å². The number of amides is 1. The van der Waals surface area contributed by atoms with Crippen LogP contribution in [0.25, 0.3) is 0 Å². The van der Waals surface area contributed by atoms with E-state index in [4.69, 9.17) is 11.6 Å². The molecule has 4 rings (SSSR count). The second-order valence-electron chi connectivity index (χ2n) is 7.59. The molecule has 1 aromatic rings. The lowest BCUT2D eigenvalue weighted by molar-refractivity contribution is 0.0724. The highest BCUT2D eigenvalue weighted by Crippen LogP contribution is 2.30. The molecule has 1 aromatic heterocycles. The van der Waals surface area contributed by atoms with Gasteiger partial charge < -0.3 is 15.1 Å². The van der Waals surface area contributed by atoms with Crippen molar-refractivity contribution in [2.24, 2.45) is 0 Å². The van der Waals surface area contributed by atoms with Crippen LogP contribution in [0.5, 0.6) is 0 Å². The maximum absolute atomic E-state index is 12.6. The topological polar surface area (TPSA) is 48.5 Å². The Balaban J connectivity index is 1.35. The Morgan fingerprint density at radius 2 is 1.80 bits per heavy atom. The largest absolute Gasteiger partial charge is 0.366 e. The van der Waals surface area contributed by atoms with Gasteiger partial charge in [0.2, 0.25) is 0 Å². The fourth-order valence-corrected chi connectivity index (χ4v) is 4.20. The number of carbonyl (C=O) groups excluding carboxylic acids is 1. The van der Waals surface area contributed by atoms with Gasteiger partial charge in [-0.15, -0.1) is 0 Å². The summed E-state index contributed by atoms with van der Waals surface area (Å²) < 4.78 is 0. The minimum atomic E-state index is 0.0541. The number of hydrogen-bond acceptors (Lipinski definition) is 4. The average Bonchev–Trinajstić information content (AvgIpc) is 3.49. The molecule has 5 nitrogen and oxygen atoms in total. The van der Waals surface area contributed by atoms with E-state index in [1.165, 1.54) is 19.3 Å². The van der Waals surface area contributed by atoms with Gasteiger partial charge in [-0.05, 0) is 51.0 Å². The average molecular weight is 363 g/mol. The van der Waals surface area contributed by atoms with Crippen LogP contribution in [0.15, 0.2) is 12.3 Å². The Bertz CT molecular complexity index is 620. The summed E-state index contributed by atoms with van der Waals surface area (Å²) in [5, 5.41) is 4.03. The highest BCUT2D eigenvalue weighted by molar-refractivity contribution is 6.33. The van der Waals surface area contributed by atoms with Crippen molar-refractivity contribution in [3.8, 4) is 0 Å². The Morgan fingerprint density at radius 1 is 1.08 bits per heavy atom. The van der Waals surface area contributed by atoms with Crippen molar-refractivity contribution >= 4 is 23.3 Å². The first-order chi connectivity index (χ1) is 12.2. The zero-order chi connectivity index (χ0) is 17.2. The summed E-state index contributed by atoms with van der Waals surface area (Å²) >= 11 is 6.41. The number of halogens is 1. The lowest BCUT2D eigenvalue weighted by atomic mass is 10.0. The Labute approximate surface area is 154 Å². The van der Waals surface area contributed by atoms with Crippen LogP contribution in [-0.2, 0) is 0 Å². The standard InChI is InChI=1S/C19H27ClN4O/c20-17-12-14(19(25)24-8-2-1-3-9-24)13-21-18(17)22-15-6-10-23(11-7-15)16-4-5-16/h12-13,15-16H,1-11H2,(H,21,22). The zero-order valence-electron chi connectivity index (χ0n) is 14.7. The maximum Gasteiger partial charge on any atom is 0.255 e. The van der Waals surface area contributed by atoms with Crippen LogP contribution in [0.2, 0.25) is 5.02 Å². The fourth-order valence-electron chi connectivity index (χ4n) is 3.98. The Hall–Kier alpha value is -1.33. The van der Waals surface area contributed by atoms with Gasteiger partial charge >= 0.3 is 0 Å². The van der Waals surface area contributed by atoms with Crippen LogP contribution >= 0.6 is 11.6 Å². The van der Waals surface area contributed by atoms with Gasteiger partial charge in [-0.2, -0.15) is 0 Å². The molecule has 3 fully saturated rings. The predicted molar refractivity (Wildman–Crippen MR) is 100 cm³/mol. The summed E-state index contributed by atoms with van der Waals surface area (Å²) in [5.41, 5.74) is 0.598. The molecule has 3 heterocycles. The third-order valence-corrected chi connectivity index (χ3v) is 5.95. The van der Waals surface area contributed by atoms with Crippen LogP contribution in [0.3, 0.4) is 0 Å². The van der Waals surface area contributed by atoms with E-state index in [1.54, 1.807) is 12.3 Å². The summed E-state index contributed by atoms with van der Waals surface area (Å²) in [6, 6.07) is 3.04. The van der Waals surface area contributed by atoms with Crippen LogP contribution in [0.4, 0.5) is 5.82 Å². The highest BCUT2D eigenvalue weighted by Gasteiger charge is 2.32. The number of rotatable bonds is 4. The number of pyridine rings is 1. The molecule has 1 amide bonds. The van der Waals surface area contributed by atoms with Gasteiger partial charge in [0.15, 0.2) is 0 Å². The van der Waals surface area contributed by atoms with Crippen molar-refractivity contribution in [2.45, 2.75) is 57.0 Å². The van der Waals surface area contributed by atoms with E-state index in [0.717, 1.165) is 57.9 Å². The first kappa shape index (κ1) is 17.1. The Morgan fingerprint density at radius 3 is 2.44 bits per heavy atom. The van der Waals surface area contributed by atoms with Gasteiger partial charge in [0.05, 0.1) is 10.6 Å². The molecule has 0 unspecified atom stereocenters. The van der Waals surface area contributed by atoms with E-state index < -0.39 is 0 Å². The number of anilines is 1. The normalized spacial score (nSPS) is 22.8. The van der Waals surface area contributed by atoms with Crippen LogP contribution in [0.1, 0.15) is 55.3 Å². The molecule has 1 N–H and O–H groups in total. The van der Waals surface area contributed by atoms with Gasteiger partial charge in [0.25, 0.3) is 5.91 Å². The minimum Gasteiger partial charge on any atom is -0.366 e. The van der Waals surface area contributed by atoms with Crippen molar-refractivity contribution in [3.05, 3.63) is 22.8 Å². The van der Waals surface area contributed by atoms with Crippen LogP contribution in [0, 0.1) is 0 Å². The fraction of sp³-hybridized carbons (Fsp3) is 0.684. The minimum absolute atomic E-state index is 0.0541. The summed E-state index contributed by atoms with van der Waals surface area (Å²) in [6.07, 6.45) is 10.1. The van der Waals surface area contributed by atoms with E-state index in [9.17, 15) is 4.79 Å². The number of piperidine rings is 2. The smallest absolute Gasteiger partial charge is 0.255 e. The molecule has 25 heavy (non-hydrogen) atoms. The van der Waals surface area contributed by atoms with Crippen molar-refractivity contribution in [2.75, 3.05) is 31.5 Å². The van der Waals surface area contributed by atoms with Gasteiger partial charge in [-0.25, -0.2) is 4.98 Å². The van der Waals surface area contributed by atoms with E-state index in [0.29, 0.717) is 22.4 Å². The lowest BCUT2D eigenvalue weighted by Gasteiger charge is -2.32. The monoisotopic (exact) mass is 362 g/mol. The second kappa shape index (κ2) is 7.50. The summed E-state index contributed by atoms with van der Waals surface area (Å²) in [6.45, 7) is 4.00. The molecular formula is C19H27ClN4O. The quantitative estimate of drug-likeness (QED) is 0.891. The molecule has 2 aliphatic heterocycles. The molecule has 6 heteroatoms. The lowest BCUT2D eigenvalue weighted by Crippen LogP contribution is -2.40. The maximum atomic E-state index is 12.6.